The Labute approximate surface area is 685 Å². The van der Waals surface area contributed by atoms with Crippen LogP contribution in [0.25, 0.3) is 88.3 Å². The molecule has 0 atom stereocenters. The van der Waals surface area contributed by atoms with Crippen LogP contribution in [-0.2, 0) is 13.1 Å². The molecule has 0 bridgehead atoms. The third-order valence-corrected chi connectivity index (χ3v) is 21.3. The Hall–Kier alpha value is -14.9. The highest BCUT2D eigenvalue weighted by Gasteiger charge is 2.26. The zero-order chi connectivity index (χ0) is 83.3. The molecule has 9 aromatic heterocycles. The second-order valence-corrected chi connectivity index (χ2v) is 29.5. The fourth-order valence-electron chi connectivity index (χ4n) is 13.3. The minimum atomic E-state index is -0.796. The third kappa shape index (κ3) is 16.6. The number of nitrogens with two attached hydrogens (primary N) is 2. The van der Waals surface area contributed by atoms with Crippen molar-refractivity contribution in [3.05, 3.63) is 389 Å². The van der Waals surface area contributed by atoms with Gasteiger partial charge in [0.05, 0.1) is 54.0 Å². The molecular weight excluding hydrogens is 1630 g/mol. The van der Waals surface area contributed by atoms with Gasteiger partial charge in [-0.2, -0.15) is 0 Å². The number of aryl methyl sites for hydroxylation is 1. The average molecular weight is 1690 g/mol. The Morgan fingerprint density at radius 3 is 1.56 bits per heavy atom. The average Bonchev–Trinajstić information content (AvgIpc) is 0.751. The van der Waals surface area contributed by atoms with E-state index in [0.29, 0.717) is 77.8 Å². The predicted molar refractivity (Wildman–Crippen MR) is 455 cm³/mol. The number of methoxy groups -OCH3 is 1. The molecular formula is C90H61BrF2N8O16S2. The van der Waals surface area contributed by atoms with Gasteiger partial charge in [-0.05, 0) is 127 Å². The summed E-state index contributed by atoms with van der Waals surface area (Å²) < 4.78 is 66.7. The molecule has 0 amide bonds. The van der Waals surface area contributed by atoms with Gasteiger partial charge in [-0.15, -0.1) is 0 Å². The maximum atomic E-state index is 14.1. The number of nitrogen functional groups attached to an aromatic ring is 2. The molecule has 9 heterocycles. The molecule has 0 aliphatic heterocycles. The number of fused-ring (bicyclic) bond motifs is 8. The van der Waals surface area contributed by atoms with E-state index in [4.69, 9.17) is 38.6 Å². The molecule has 119 heavy (non-hydrogen) atoms. The van der Waals surface area contributed by atoms with Crippen LogP contribution in [0.3, 0.4) is 0 Å². The summed E-state index contributed by atoms with van der Waals surface area (Å²) in [7, 11) is 1.60. The van der Waals surface area contributed by atoms with E-state index in [-0.39, 0.29) is 83.2 Å². The van der Waals surface area contributed by atoms with Gasteiger partial charge in [0.25, 0.3) is 22.2 Å². The number of para-hydroxylation sites is 3. The monoisotopic (exact) mass is 1690 g/mol. The third-order valence-electron chi connectivity index (χ3n) is 18.7. The molecule has 0 unspecified atom stereocenters. The van der Waals surface area contributed by atoms with E-state index in [2.05, 4.69) is 25.9 Å². The minimum absolute atomic E-state index is 0.000716. The van der Waals surface area contributed by atoms with Crippen molar-refractivity contribution >= 4 is 117 Å². The van der Waals surface area contributed by atoms with Crippen LogP contribution in [0.2, 0.25) is 0 Å². The number of nitrogens with zero attached hydrogens (tertiary/aromatic N) is 6. The maximum absolute atomic E-state index is 14.1. The van der Waals surface area contributed by atoms with E-state index in [1.807, 2.05) is 91.0 Å². The lowest BCUT2D eigenvalue weighted by molar-refractivity contribution is 0.414. The summed E-state index contributed by atoms with van der Waals surface area (Å²) in [5, 5.41) is 23.3. The number of benzene rings is 9. The second-order valence-electron chi connectivity index (χ2n) is 26.4. The lowest BCUT2D eigenvalue weighted by Gasteiger charge is -2.16. The smallest absolute Gasteiger partial charge is 0.354 e. The molecule has 0 aliphatic carbocycles. The van der Waals surface area contributed by atoms with Crippen molar-refractivity contribution in [3.63, 3.8) is 0 Å². The second kappa shape index (κ2) is 34.2. The topological polar surface area (TPSA) is 346 Å². The fraction of sp³-hybridized carbons (Fsp3) is 0.0444. The molecule has 6 N–H and O–H groups in total. The quantitative estimate of drug-likeness (QED) is 0.0735. The zero-order valence-corrected chi connectivity index (χ0v) is 65.5. The summed E-state index contributed by atoms with van der Waals surface area (Å²) in [4.78, 5) is 111. The van der Waals surface area contributed by atoms with Crippen LogP contribution in [0.1, 0.15) is 16.8 Å². The van der Waals surface area contributed by atoms with E-state index in [0.717, 1.165) is 51.4 Å². The molecule has 0 spiro atoms. The van der Waals surface area contributed by atoms with Gasteiger partial charge in [0.1, 0.15) is 65.6 Å². The first-order valence-electron chi connectivity index (χ1n) is 36.0. The van der Waals surface area contributed by atoms with Gasteiger partial charge in [-0.3, -0.25) is 28.3 Å². The van der Waals surface area contributed by atoms with Crippen molar-refractivity contribution < 1.29 is 46.1 Å². The van der Waals surface area contributed by atoms with E-state index < -0.39 is 62.3 Å². The number of halogens is 3. The molecule has 24 nitrogen and oxygen atoms in total. The molecule has 0 saturated carbocycles. The van der Waals surface area contributed by atoms with Crippen molar-refractivity contribution in [2.24, 2.45) is 0 Å². The highest BCUT2D eigenvalue weighted by molar-refractivity contribution is 9.10. The summed E-state index contributed by atoms with van der Waals surface area (Å²) in [5.41, 5.74) is 13.2. The summed E-state index contributed by atoms with van der Waals surface area (Å²) >= 11 is 5.26. The molecule has 0 fully saturated rings. The first kappa shape index (κ1) is 79.3. The lowest BCUT2D eigenvalue weighted by Crippen LogP contribution is -2.23. The Morgan fingerprint density at radius 2 is 0.983 bits per heavy atom. The van der Waals surface area contributed by atoms with E-state index in [1.165, 1.54) is 44.0 Å². The van der Waals surface area contributed by atoms with Crippen LogP contribution < -0.4 is 65.7 Å². The first-order chi connectivity index (χ1) is 57.6. The van der Waals surface area contributed by atoms with Gasteiger partial charge in [0, 0.05) is 84.7 Å². The predicted octanol–water partition coefficient (Wildman–Crippen LogP) is 16.7. The van der Waals surface area contributed by atoms with E-state index in [1.54, 1.807) is 158 Å². The maximum Gasteiger partial charge on any atom is 0.354 e. The number of rotatable bonds is 14. The van der Waals surface area contributed by atoms with Gasteiger partial charge in [0.15, 0.2) is 22.7 Å². The molecule has 590 valence electrons. The number of hydrogen-bond donors (Lipinski definition) is 4. The Bertz CT molecular complexity index is 7540. The molecule has 0 saturated heterocycles. The first-order valence-corrected chi connectivity index (χ1v) is 38.5. The highest BCUT2D eigenvalue weighted by atomic mass is 79.9. The minimum Gasteiger partial charge on any atom is -0.505 e. The molecule has 0 radical (unpaired) electrons. The SMILES string of the molecule is COc1ccc(Cn2c(=O)c3c(N)cc(=O)oc3c3ccccc32)cc1.Cc1cc2oc(=O)c(Sc3cccc(F)c3)c(O)c2c(=O)n1-c1ccccc1.Nc1cc(=O)oc2c1c(=O)n(Cc1ccccc1F)c1ccccc21.O=c1oc2cc(-c3ccccc3)n(-c3cccc(Oc4ncccn4)c3)c(=O)c2c(O)c1Sc1cccc(Br)c1. The molecule has 18 aromatic rings. The van der Waals surface area contributed by atoms with Gasteiger partial charge >= 0.3 is 28.5 Å². The standard InChI is InChI=1S/C30H18BrN3O5S.C21H14FNO4S.C20H16N2O4.C19H13FN2O3/c31-19-9-4-12-22(15-19)40-27-26(35)25-24(39-29(27)37)17-23(18-7-2-1-3-8-18)34(28(25)36)20-10-5-11-21(16-20)38-30-32-13-6-14-33-30;1-12-10-16-17(20(25)23(12)14-7-3-2-4-8-14)18(24)19(21(26)27-16)28-15-9-5-6-13(22)11-15;1-25-13-8-6-12(7-9-13)11-22-16-5-3-2-4-14(16)19-18(20(22)24)15(21)10-17(23)26-19;20-13-7-3-1-5-11(13)10-22-15-8-4-2-6-12(15)18-17(19(22)24)14(21)9-16(23)25-18/h1-17,35H;2-11,24H,1H3;2-10H,11,21H2,1H3;1-9H,10,21H2. The number of pyridine rings is 4. The number of anilines is 2. The zero-order valence-electron chi connectivity index (χ0n) is 62.3. The molecule has 0 aliphatic rings. The van der Waals surface area contributed by atoms with Crippen LogP contribution in [0, 0.1) is 18.6 Å². The van der Waals surface area contributed by atoms with Crippen molar-refractivity contribution in [2.75, 3.05) is 18.6 Å². The largest absolute Gasteiger partial charge is 0.505 e. The van der Waals surface area contributed by atoms with E-state index >= 15 is 0 Å². The number of ether oxygens (including phenoxy) is 2. The molecule has 29 heteroatoms. The van der Waals surface area contributed by atoms with Crippen molar-refractivity contribution in [2.45, 2.75) is 39.6 Å². The highest BCUT2D eigenvalue weighted by Crippen LogP contribution is 2.40. The Balaban J connectivity index is 0.000000126. The van der Waals surface area contributed by atoms with Crippen LogP contribution in [0.5, 0.6) is 29.0 Å². The molecule has 18 rings (SSSR count). The summed E-state index contributed by atoms with van der Waals surface area (Å²) in [6, 6.07) is 73.0. The van der Waals surface area contributed by atoms with Gasteiger partial charge in [0.2, 0.25) is 0 Å². The van der Waals surface area contributed by atoms with Crippen molar-refractivity contribution in [1.82, 2.24) is 28.2 Å². The van der Waals surface area contributed by atoms with Crippen molar-refractivity contribution in [3.8, 4) is 51.6 Å². The van der Waals surface area contributed by atoms with Crippen molar-refractivity contribution in [1.29, 1.82) is 0 Å². The van der Waals surface area contributed by atoms with Crippen LogP contribution >= 0.6 is 39.5 Å². The summed E-state index contributed by atoms with van der Waals surface area (Å²) in [5.74, 6) is -0.641. The summed E-state index contributed by atoms with van der Waals surface area (Å²) in [6.45, 7) is 2.11. The van der Waals surface area contributed by atoms with Crippen LogP contribution in [0.4, 0.5) is 20.2 Å². The summed E-state index contributed by atoms with van der Waals surface area (Å²) in [6.07, 6.45) is 3.13. The van der Waals surface area contributed by atoms with Crippen LogP contribution in [0.15, 0.2) is 353 Å². The Kier molecular flexibility index (Phi) is 22.8. The van der Waals surface area contributed by atoms with Gasteiger partial charge < -0.3 is 58.0 Å². The normalized spacial score (nSPS) is 11.1. The fourth-order valence-corrected chi connectivity index (χ4v) is 15.7. The van der Waals surface area contributed by atoms with Crippen LogP contribution in [-0.4, -0.2) is 45.6 Å². The number of aromatic nitrogens is 6. The Morgan fingerprint density at radius 1 is 0.471 bits per heavy atom. The van der Waals surface area contributed by atoms with E-state index in [9.17, 15) is 57.4 Å². The number of hydrogen-bond acceptors (Lipinski definition) is 22. The van der Waals surface area contributed by atoms with Gasteiger partial charge in [-0.25, -0.2) is 37.9 Å². The molecule has 9 aromatic carbocycles. The van der Waals surface area contributed by atoms with Gasteiger partial charge in [-0.1, -0.05) is 161 Å². The number of aromatic hydroxyl groups is 2. The lowest BCUT2D eigenvalue weighted by atomic mass is 10.1.